The van der Waals surface area contributed by atoms with Crippen LogP contribution in [-0.2, 0) is 10.8 Å². The Bertz CT molecular complexity index is 1340. The summed E-state index contributed by atoms with van der Waals surface area (Å²) in [6.45, 7) is 15.3. The number of rotatable bonds is 2. The highest BCUT2D eigenvalue weighted by Gasteiger charge is 2.38. The molecule has 2 nitrogen and oxygen atoms in total. The van der Waals surface area contributed by atoms with Crippen LogP contribution in [0.25, 0.3) is 10.8 Å². The molecule has 0 saturated heterocycles. The fourth-order valence-corrected chi connectivity index (χ4v) is 5.10. The summed E-state index contributed by atoms with van der Waals surface area (Å²) in [5, 5.41) is 2.30. The van der Waals surface area contributed by atoms with E-state index in [1.165, 1.54) is 33.5 Å². The van der Waals surface area contributed by atoms with E-state index in [4.69, 9.17) is 0 Å². The maximum atomic E-state index is 11.4. The zero-order valence-electron chi connectivity index (χ0n) is 21.4. The molecule has 4 aromatic rings. The van der Waals surface area contributed by atoms with Gasteiger partial charge in [-0.05, 0) is 63.2 Å². The van der Waals surface area contributed by atoms with Gasteiger partial charge in [0.25, 0.3) is 0 Å². The van der Waals surface area contributed by atoms with Crippen LogP contribution in [0.15, 0.2) is 78.9 Å². The lowest BCUT2D eigenvalue weighted by Crippen LogP contribution is -2.31. The van der Waals surface area contributed by atoms with E-state index < -0.39 is 0 Å². The van der Waals surface area contributed by atoms with Gasteiger partial charge in [-0.3, -0.25) is 4.79 Å². The molecule has 0 aliphatic carbocycles. The Morgan fingerprint density at radius 1 is 0.794 bits per heavy atom. The summed E-state index contributed by atoms with van der Waals surface area (Å²) in [4.78, 5) is 13.7. The molecule has 0 atom stereocenters. The van der Waals surface area contributed by atoms with E-state index in [2.05, 4.69) is 106 Å². The SMILES string of the molecule is CC.CC(C)(C)c1ccc(N2c3ccccc3C(C)(C)c3c2ccc2cc(C=O)ccc32)cc1. The minimum Gasteiger partial charge on any atom is -0.310 e. The fraction of sp³-hybridized carbons (Fsp3) is 0.281. The van der Waals surface area contributed by atoms with Crippen LogP contribution in [0.1, 0.15) is 75.5 Å². The highest BCUT2D eigenvalue weighted by molar-refractivity contribution is 5.99. The second-order valence-electron chi connectivity index (χ2n) is 10.3. The molecule has 0 fully saturated rings. The van der Waals surface area contributed by atoms with Crippen LogP contribution in [0.5, 0.6) is 0 Å². The van der Waals surface area contributed by atoms with Crippen LogP contribution in [0.3, 0.4) is 0 Å². The molecular weight excluding hydrogens is 414 g/mol. The van der Waals surface area contributed by atoms with Crippen molar-refractivity contribution >= 4 is 34.1 Å². The average Bonchev–Trinajstić information content (AvgIpc) is 2.84. The number of aldehydes is 1. The van der Waals surface area contributed by atoms with Crippen LogP contribution in [-0.4, -0.2) is 6.29 Å². The van der Waals surface area contributed by atoms with Gasteiger partial charge in [0.2, 0.25) is 0 Å². The second-order valence-corrected chi connectivity index (χ2v) is 10.3. The van der Waals surface area contributed by atoms with Crippen molar-refractivity contribution in [3.8, 4) is 0 Å². The molecule has 0 radical (unpaired) electrons. The largest absolute Gasteiger partial charge is 0.310 e. The van der Waals surface area contributed by atoms with Crippen LogP contribution in [0.4, 0.5) is 17.1 Å². The van der Waals surface area contributed by atoms with Gasteiger partial charge in [-0.2, -0.15) is 0 Å². The summed E-state index contributed by atoms with van der Waals surface area (Å²) in [6, 6.07) is 28.0. The van der Waals surface area contributed by atoms with Crippen molar-refractivity contribution in [1.29, 1.82) is 0 Å². The molecule has 0 unspecified atom stereocenters. The van der Waals surface area contributed by atoms with Crippen LogP contribution < -0.4 is 4.90 Å². The van der Waals surface area contributed by atoms with Crippen molar-refractivity contribution in [2.75, 3.05) is 4.90 Å². The first-order valence-corrected chi connectivity index (χ1v) is 12.2. The molecule has 0 amide bonds. The van der Waals surface area contributed by atoms with Gasteiger partial charge in [0.15, 0.2) is 0 Å². The summed E-state index contributed by atoms with van der Waals surface area (Å²) >= 11 is 0. The van der Waals surface area contributed by atoms with Gasteiger partial charge in [0.1, 0.15) is 6.29 Å². The van der Waals surface area contributed by atoms with Crippen molar-refractivity contribution in [1.82, 2.24) is 0 Å². The summed E-state index contributed by atoms with van der Waals surface area (Å²) in [5.41, 5.74) is 8.16. The first kappa shape index (κ1) is 23.8. The van der Waals surface area contributed by atoms with Gasteiger partial charge >= 0.3 is 0 Å². The molecule has 2 heteroatoms. The molecule has 5 rings (SSSR count). The summed E-state index contributed by atoms with van der Waals surface area (Å²) in [6.07, 6.45) is 0.919. The second kappa shape index (κ2) is 8.76. The maximum Gasteiger partial charge on any atom is 0.150 e. The minimum absolute atomic E-state index is 0.116. The predicted octanol–water partition coefficient (Wildman–Crippen LogP) is 9.09. The number of hydrogen-bond donors (Lipinski definition) is 0. The molecule has 1 aliphatic rings. The minimum atomic E-state index is -0.171. The molecule has 4 aromatic carbocycles. The van der Waals surface area contributed by atoms with E-state index in [1.807, 2.05) is 26.0 Å². The Balaban J connectivity index is 0.00000133. The predicted molar refractivity (Wildman–Crippen MR) is 146 cm³/mol. The normalized spacial score (nSPS) is 14.0. The number of para-hydroxylation sites is 1. The quantitative estimate of drug-likeness (QED) is 0.284. The van der Waals surface area contributed by atoms with Gasteiger partial charge in [0, 0.05) is 16.7 Å². The van der Waals surface area contributed by atoms with Gasteiger partial charge in [-0.15, -0.1) is 0 Å². The third-order valence-electron chi connectivity index (χ3n) is 6.83. The third kappa shape index (κ3) is 3.81. The van der Waals surface area contributed by atoms with E-state index in [9.17, 15) is 4.79 Å². The Hall–Kier alpha value is -3.39. The summed E-state index contributed by atoms with van der Waals surface area (Å²) in [5.74, 6) is 0. The summed E-state index contributed by atoms with van der Waals surface area (Å²) in [7, 11) is 0. The number of hydrogen-bond acceptors (Lipinski definition) is 2. The van der Waals surface area contributed by atoms with Crippen molar-refractivity contribution in [3.63, 3.8) is 0 Å². The zero-order valence-corrected chi connectivity index (χ0v) is 21.4. The van der Waals surface area contributed by atoms with Crippen molar-refractivity contribution < 1.29 is 4.79 Å². The van der Waals surface area contributed by atoms with E-state index >= 15 is 0 Å². The molecule has 0 spiro atoms. The monoisotopic (exact) mass is 449 g/mol. The zero-order chi connectivity index (χ0) is 24.7. The first-order chi connectivity index (χ1) is 16.2. The Morgan fingerprint density at radius 2 is 1.47 bits per heavy atom. The van der Waals surface area contributed by atoms with Gasteiger partial charge in [0.05, 0.1) is 11.4 Å². The molecule has 0 aromatic heterocycles. The van der Waals surface area contributed by atoms with Crippen molar-refractivity contribution in [2.45, 2.75) is 59.3 Å². The molecule has 34 heavy (non-hydrogen) atoms. The van der Waals surface area contributed by atoms with Gasteiger partial charge in [-0.25, -0.2) is 0 Å². The number of nitrogens with zero attached hydrogens (tertiary/aromatic N) is 1. The maximum absolute atomic E-state index is 11.4. The highest BCUT2D eigenvalue weighted by atomic mass is 16.1. The topological polar surface area (TPSA) is 20.3 Å². The van der Waals surface area contributed by atoms with Gasteiger partial charge < -0.3 is 4.90 Å². The molecule has 1 heterocycles. The smallest absolute Gasteiger partial charge is 0.150 e. The standard InChI is InChI=1S/C30H29NO.C2H6/c1-29(2,3)22-12-14-23(15-13-22)31-26-9-7-6-8-25(26)30(4,5)28-24-16-10-20(19-32)18-21(24)11-17-27(28)31;1-2/h6-19H,1-5H3;1-2H3. The molecule has 0 bridgehead atoms. The molecule has 0 N–H and O–H groups in total. The number of benzene rings is 4. The van der Waals surface area contributed by atoms with Crippen molar-refractivity contribution in [3.05, 3.63) is 101 Å². The molecular formula is C32H35NO. The average molecular weight is 450 g/mol. The van der Waals surface area contributed by atoms with E-state index in [1.54, 1.807) is 0 Å². The first-order valence-electron chi connectivity index (χ1n) is 12.2. The Labute approximate surface area is 204 Å². The van der Waals surface area contributed by atoms with Gasteiger partial charge in [-0.1, -0.05) is 97.0 Å². The fourth-order valence-electron chi connectivity index (χ4n) is 5.10. The highest BCUT2D eigenvalue weighted by Crippen LogP contribution is 2.53. The van der Waals surface area contributed by atoms with Crippen LogP contribution in [0, 0.1) is 0 Å². The van der Waals surface area contributed by atoms with E-state index in [0.717, 1.165) is 17.4 Å². The van der Waals surface area contributed by atoms with Crippen molar-refractivity contribution in [2.24, 2.45) is 0 Å². The lowest BCUT2D eigenvalue weighted by molar-refractivity contribution is 0.112. The van der Waals surface area contributed by atoms with E-state index in [-0.39, 0.29) is 10.8 Å². The van der Waals surface area contributed by atoms with Crippen LogP contribution in [0.2, 0.25) is 0 Å². The lowest BCUT2D eigenvalue weighted by atomic mass is 9.71. The number of anilines is 3. The summed E-state index contributed by atoms with van der Waals surface area (Å²) < 4.78 is 0. The molecule has 1 aliphatic heterocycles. The number of carbonyl (C=O) groups is 1. The number of carbonyl (C=O) groups excluding carboxylic acids is 1. The lowest BCUT2D eigenvalue weighted by Gasteiger charge is -2.42. The Kier molecular flexibility index (Phi) is 6.12. The molecule has 0 saturated carbocycles. The molecule has 174 valence electrons. The Morgan fingerprint density at radius 3 is 2.12 bits per heavy atom. The third-order valence-corrected chi connectivity index (χ3v) is 6.83. The van der Waals surface area contributed by atoms with E-state index in [0.29, 0.717) is 5.56 Å². The number of fused-ring (bicyclic) bond motifs is 4. The van der Waals surface area contributed by atoms with Crippen LogP contribution >= 0.6 is 0 Å².